The zero-order valence-corrected chi connectivity index (χ0v) is 11.8. The fourth-order valence-electron chi connectivity index (χ4n) is 1.92. The minimum absolute atomic E-state index is 0.221. The van der Waals surface area contributed by atoms with Gasteiger partial charge in [-0.3, -0.25) is 0 Å². The first-order valence-corrected chi connectivity index (χ1v) is 6.74. The highest BCUT2D eigenvalue weighted by atomic mass is 19.1. The number of halogens is 1. The molecule has 108 valence electrons. The van der Waals surface area contributed by atoms with E-state index in [-0.39, 0.29) is 5.75 Å². The van der Waals surface area contributed by atoms with Crippen molar-refractivity contribution in [3.8, 4) is 17.1 Å². The van der Waals surface area contributed by atoms with E-state index in [0.717, 1.165) is 25.9 Å². The lowest BCUT2D eigenvalue weighted by atomic mass is 10.2. The molecule has 0 aliphatic rings. The molecule has 0 aliphatic heterocycles. The van der Waals surface area contributed by atoms with Crippen LogP contribution in [0.4, 0.5) is 4.39 Å². The quantitative estimate of drug-likeness (QED) is 0.791. The lowest BCUT2D eigenvalue weighted by Gasteiger charge is -2.02. The number of aryl methyl sites for hydroxylation is 1. The first-order chi connectivity index (χ1) is 9.74. The normalized spacial score (nSPS) is 10.8. The Hall–Kier alpha value is -1.88. The van der Waals surface area contributed by atoms with Gasteiger partial charge in [-0.2, -0.15) is 0 Å². The molecule has 0 saturated carbocycles. The second-order valence-corrected chi connectivity index (χ2v) is 4.42. The Morgan fingerprint density at radius 2 is 2.25 bits per heavy atom. The third kappa shape index (κ3) is 3.57. The minimum Gasteiger partial charge on any atom is -0.494 e. The molecule has 5 heteroatoms. The van der Waals surface area contributed by atoms with Crippen LogP contribution in [0, 0.1) is 5.82 Å². The lowest BCUT2D eigenvalue weighted by molar-refractivity contribution is 0.386. The van der Waals surface area contributed by atoms with Crippen LogP contribution in [0.2, 0.25) is 0 Å². The van der Waals surface area contributed by atoms with Gasteiger partial charge in [0.2, 0.25) is 0 Å². The molecule has 0 radical (unpaired) electrons. The van der Waals surface area contributed by atoms with Gasteiger partial charge in [0.15, 0.2) is 23.2 Å². The number of oxazole rings is 1. The van der Waals surface area contributed by atoms with Crippen molar-refractivity contribution in [3.05, 3.63) is 36.1 Å². The van der Waals surface area contributed by atoms with Crippen LogP contribution in [0.3, 0.4) is 0 Å². The molecule has 4 nitrogen and oxygen atoms in total. The maximum Gasteiger partial charge on any atom is 0.194 e. The number of hydrogen-bond acceptors (Lipinski definition) is 4. The number of hydrogen-bond donors (Lipinski definition) is 1. The van der Waals surface area contributed by atoms with Crippen LogP contribution >= 0.6 is 0 Å². The van der Waals surface area contributed by atoms with Gasteiger partial charge in [0.25, 0.3) is 0 Å². The second kappa shape index (κ2) is 7.05. The largest absolute Gasteiger partial charge is 0.494 e. The van der Waals surface area contributed by atoms with Crippen molar-refractivity contribution in [1.82, 2.24) is 10.3 Å². The smallest absolute Gasteiger partial charge is 0.194 e. The van der Waals surface area contributed by atoms with Gasteiger partial charge in [-0.15, -0.1) is 0 Å². The van der Waals surface area contributed by atoms with E-state index in [4.69, 9.17) is 9.15 Å². The summed E-state index contributed by atoms with van der Waals surface area (Å²) in [4.78, 5) is 4.21. The van der Waals surface area contributed by atoms with Crippen molar-refractivity contribution in [2.45, 2.75) is 19.8 Å². The van der Waals surface area contributed by atoms with E-state index in [9.17, 15) is 4.39 Å². The first-order valence-electron chi connectivity index (χ1n) is 6.74. The standard InChI is InChI=1S/C15H19FN2O2/c1-3-17-8-4-5-15-18-10-14(20-15)11-6-7-13(19-2)12(16)9-11/h6-7,9-10,17H,3-5,8H2,1-2H3. The molecule has 0 atom stereocenters. The maximum atomic E-state index is 13.6. The van der Waals surface area contributed by atoms with Crippen molar-refractivity contribution in [2.75, 3.05) is 20.2 Å². The van der Waals surface area contributed by atoms with E-state index in [1.165, 1.54) is 13.2 Å². The number of benzene rings is 1. The van der Waals surface area contributed by atoms with Crippen molar-refractivity contribution in [3.63, 3.8) is 0 Å². The highest BCUT2D eigenvalue weighted by Crippen LogP contribution is 2.26. The summed E-state index contributed by atoms with van der Waals surface area (Å²) in [6, 6.07) is 4.73. The van der Waals surface area contributed by atoms with Gasteiger partial charge >= 0.3 is 0 Å². The highest BCUT2D eigenvalue weighted by molar-refractivity contribution is 5.57. The highest BCUT2D eigenvalue weighted by Gasteiger charge is 2.09. The van der Waals surface area contributed by atoms with Gasteiger partial charge in [-0.05, 0) is 37.7 Å². The minimum atomic E-state index is -0.407. The van der Waals surface area contributed by atoms with Gasteiger partial charge in [0.05, 0.1) is 13.3 Å². The molecular weight excluding hydrogens is 259 g/mol. The van der Waals surface area contributed by atoms with Crippen molar-refractivity contribution < 1.29 is 13.5 Å². The predicted molar refractivity (Wildman–Crippen MR) is 75.3 cm³/mol. The molecule has 0 saturated heterocycles. The molecule has 2 rings (SSSR count). The molecular formula is C15H19FN2O2. The molecule has 0 spiro atoms. The Morgan fingerprint density at radius 1 is 1.40 bits per heavy atom. The van der Waals surface area contributed by atoms with E-state index < -0.39 is 5.82 Å². The van der Waals surface area contributed by atoms with Crippen molar-refractivity contribution in [2.24, 2.45) is 0 Å². The van der Waals surface area contributed by atoms with Gasteiger partial charge in [-0.25, -0.2) is 9.37 Å². The molecule has 0 fully saturated rings. The van der Waals surface area contributed by atoms with Crippen LogP contribution in [0.25, 0.3) is 11.3 Å². The van der Waals surface area contributed by atoms with Crippen LogP contribution < -0.4 is 10.1 Å². The topological polar surface area (TPSA) is 47.3 Å². The Labute approximate surface area is 118 Å². The third-order valence-corrected chi connectivity index (χ3v) is 2.98. The van der Waals surface area contributed by atoms with Gasteiger partial charge < -0.3 is 14.5 Å². The van der Waals surface area contributed by atoms with E-state index in [2.05, 4.69) is 17.2 Å². The maximum absolute atomic E-state index is 13.6. The number of nitrogens with zero attached hydrogens (tertiary/aromatic N) is 1. The van der Waals surface area contributed by atoms with E-state index in [1.807, 2.05) is 0 Å². The number of ether oxygens (including phenoxy) is 1. The average Bonchev–Trinajstić information content (AvgIpc) is 2.92. The van der Waals surface area contributed by atoms with Gasteiger partial charge in [0, 0.05) is 12.0 Å². The monoisotopic (exact) mass is 278 g/mol. The zero-order chi connectivity index (χ0) is 14.4. The Kier molecular flexibility index (Phi) is 5.12. The Balaban J connectivity index is 2.03. The van der Waals surface area contributed by atoms with E-state index in [0.29, 0.717) is 17.2 Å². The number of methoxy groups -OCH3 is 1. The molecule has 0 amide bonds. The fraction of sp³-hybridized carbons (Fsp3) is 0.400. The second-order valence-electron chi connectivity index (χ2n) is 4.42. The molecule has 1 aromatic carbocycles. The van der Waals surface area contributed by atoms with Crippen LogP contribution in [-0.2, 0) is 6.42 Å². The van der Waals surface area contributed by atoms with Gasteiger partial charge in [0.1, 0.15) is 0 Å². The fourth-order valence-corrected chi connectivity index (χ4v) is 1.92. The van der Waals surface area contributed by atoms with Gasteiger partial charge in [-0.1, -0.05) is 6.92 Å². The van der Waals surface area contributed by atoms with Crippen LogP contribution in [-0.4, -0.2) is 25.2 Å². The molecule has 0 bridgehead atoms. The molecule has 0 unspecified atom stereocenters. The van der Waals surface area contributed by atoms with Crippen LogP contribution in [0.1, 0.15) is 19.2 Å². The molecule has 1 aromatic heterocycles. The number of rotatable bonds is 7. The molecule has 20 heavy (non-hydrogen) atoms. The summed E-state index contributed by atoms with van der Waals surface area (Å²) in [5.74, 6) is 1.06. The van der Waals surface area contributed by atoms with Crippen molar-refractivity contribution in [1.29, 1.82) is 0 Å². The number of aromatic nitrogens is 1. The Morgan fingerprint density at radius 3 is 2.95 bits per heavy atom. The summed E-state index contributed by atoms with van der Waals surface area (Å²) >= 11 is 0. The van der Waals surface area contributed by atoms with E-state index >= 15 is 0 Å². The average molecular weight is 278 g/mol. The summed E-state index contributed by atoms with van der Waals surface area (Å²) < 4.78 is 24.2. The van der Waals surface area contributed by atoms with Crippen LogP contribution in [0.15, 0.2) is 28.8 Å². The molecule has 0 aliphatic carbocycles. The predicted octanol–water partition coefficient (Wildman–Crippen LogP) is 3.03. The van der Waals surface area contributed by atoms with E-state index in [1.54, 1.807) is 18.3 Å². The molecule has 1 heterocycles. The molecule has 2 aromatic rings. The SMILES string of the molecule is CCNCCCc1ncc(-c2ccc(OC)c(F)c2)o1. The van der Waals surface area contributed by atoms with Crippen molar-refractivity contribution >= 4 is 0 Å². The summed E-state index contributed by atoms with van der Waals surface area (Å²) in [5, 5.41) is 3.24. The summed E-state index contributed by atoms with van der Waals surface area (Å²) in [6.45, 7) is 3.97. The summed E-state index contributed by atoms with van der Waals surface area (Å²) in [6.07, 6.45) is 3.36. The summed E-state index contributed by atoms with van der Waals surface area (Å²) in [7, 11) is 1.44. The third-order valence-electron chi connectivity index (χ3n) is 2.98. The first kappa shape index (κ1) is 14.5. The lowest BCUT2D eigenvalue weighted by Crippen LogP contribution is -2.14. The summed E-state index contributed by atoms with van der Waals surface area (Å²) in [5.41, 5.74) is 0.661. The van der Waals surface area contributed by atoms with Crippen LogP contribution in [0.5, 0.6) is 5.75 Å². The zero-order valence-electron chi connectivity index (χ0n) is 11.8. The molecule has 1 N–H and O–H groups in total. The Bertz CT molecular complexity index is 555. The number of nitrogens with one attached hydrogen (secondary N) is 1.